The highest BCUT2D eigenvalue weighted by Crippen LogP contribution is 2.12. The summed E-state index contributed by atoms with van der Waals surface area (Å²) < 4.78 is 0. The van der Waals surface area contributed by atoms with Gasteiger partial charge in [-0.1, -0.05) is 11.8 Å². The maximum Gasteiger partial charge on any atom is 0.251 e. The molecule has 0 radical (unpaired) electrons. The Morgan fingerprint density at radius 1 is 1.65 bits per heavy atom. The predicted molar refractivity (Wildman–Crippen MR) is 68.0 cm³/mol. The zero-order valence-corrected chi connectivity index (χ0v) is 11.0. The molecule has 1 heterocycles. The second-order valence-corrected chi connectivity index (χ2v) is 5.01. The molecule has 1 aromatic heterocycles. The highest BCUT2D eigenvalue weighted by molar-refractivity contribution is 7.99. The van der Waals surface area contributed by atoms with Crippen LogP contribution in [0.15, 0.2) is 16.0 Å². The van der Waals surface area contributed by atoms with Gasteiger partial charge in [0.15, 0.2) is 5.16 Å². The van der Waals surface area contributed by atoms with Gasteiger partial charge in [-0.2, -0.15) is 5.26 Å². The van der Waals surface area contributed by atoms with Crippen LogP contribution < -0.4 is 10.9 Å². The third-order valence-electron chi connectivity index (χ3n) is 1.93. The molecule has 0 fully saturated rings. The van der Waals surface area contributed by atoms with Gasteiger partial charge in [-0.15, -0.1) is 0 Å². The van der Waals surface area contributed by atoms with E-state index in [1.165, 1.54) is 17.8 Å². The van der Waals surface area contributed by atoms with Crippen LogP contribution in [-0.4, -0.2) is 27.8 Å². The normalized spacial score (nSPS) is 12.4. The largest absolute Gasteiger partial charge is 0.301 e. The van der Waals surface area contributed by atoms with Gasteiger partial charge in [0.25, 0.3) is 5.56 Å². The van der Waals surface area contributed by atoms with Crippen molar-refractivity contribution >= 4 is 11.8 Å². The van der Waals surface area contributed by atoms with Crippen LogP contribution in [0.25, 0.3) is 0 Å². The Hall–Kier alpha value is -1.32. The molecule has 5 nitrogen and oxygen atoms in total. The predicted octanol–water partition coefficient (Wildman–Crippen LogP) is 1.06. The standard InChI is InChI=1S/C11H16N4OS/c1-7(2)13-9(5-12)6-17-11-14-8(3)4-10(16)15-11/h4,7,9,13H,6H2,1-3H3,(H,14,15,16). The Kier molecular flexibility index (Phi) is 5.19. The minimum Gasteiger partial charge on any atom is -0.301 e. The quantitative estimate of drug-likeness (QED) is 0.605. The number of nitrogens with one attached hydrogen (secondary N) is 2. The van der Waals surface area contributed by atoms with Crippen LogP contribution in [0.3, 0.4) is 0 Å². The van der Waals surface area contributed by atoms with Crippen LogP contribution in [0, 0.1) is 18.3 Å². The SMILES string of the molecule is Cc1cc(=O)[nH]c(SCC(C#N)NC(C)C)n1. The van der Waals surface area contributed by atoms with Crippen molar-refractivity contribution in [1.29, 1.82) is 5.26 Å². The van der Waals surface area contributed by atoms with Crippen LogP contribution in [-0.2, 0) is 0 Å². The summed E-state index contributed by atoms with van der Waals surface area (Å²) in [7, 11) is 0. The van der Waals surface area contributed by atoms with Crippen molar-refractivity contribution in [2.45, 2.75) is 38.0 Å². The maximum absolute atomic E-state index is 11.2. The third-order valence-corrected chi connectivity index (χ3v) is 2.89. The number of aromatic nitrogens is 2. The Bertz CT molecular complexity index is 463. The molecular formula is C11H16N4OS. The van der Waals surface area contributed by atoms with Crippen molar-refractivity contribution in [2.24, 2.45) is 0 Å². The van der Waals surface area contributed by atoms with Crippen LogP contribution in [0.1, 0.15) is 19.5 Å². The summed E-state index contributed by atoms with van der Waals surface area (Å²) >= 11 is 1.37. The van der Waals surface area contributed by atoms with Gasteiger partial charge >= 0.3 is 0 Å². The summed E-state index contributed by atoms with van der Waals surface area (Å²) in [6, 6.07) is 3.63. The third kappa shape index (κ3) is 5.02. The van der Waals surface area contributed by atoms with E-state index < -0.39 is 0 Å². The number of nitrogens with zero attached hydrogens (tertiary/aromatic N) is 2. The summed E-state index contributed by atoms with van der Waals surface area (Å²) in [5, 5.41) is 12.6. The van der Waals surface area contributed by atoms with Crippen LogP contribution in [0.4, 0.5) is 0 Å². The molecule has 0 bridgehead atoms. The molecular weight excluding hydrogens is 236 g/mol. The van der Waals surface area contributed by atoms with Crippen LogP contribution >= 0.6 is 11.8 Å². The summed E-state index contributed by atoms with van der Waals surface area (Å²) in [4.78, 5) is 18.0. The number of nitriles is 1. The molecule has 1 aromatic rings. The van der Waals surface area contributed by atoms with E-state index in [1.807, 2.05) is 13.8 Å². The smallest absolute Gasteiger partial charge is 0.251 e. The van der Waals surface area contributed by atoms with E-state index in [0.717, 1.165) is 0 Å². The first-order chi connectivity index (χ1) is 8.01. The lowest BCUT2D eigenvalue weighted by Gasteiger charge is -2.13. The van der Waals surface area contributed by atoms with E-state index >= 15 is 0 Å². The van der Waals surface area contributed by atoms with Crippen LogP contribution in [0.2, 0.25) is 0 Å². The van der Waals surface area contributed by atoms with Crippen molar-refractivity contribution in [1.82, 2.24) is 15.3 Å². The summed E-state index contributed by atoms with van der Waals surface area (Å²) in [6.07, 6.45) is 0. The first kappa shape index (κ1) is 13.7. The van der Waals surface area contributed by atoms with Gasteiger partial charge in [-0.25, -0.2) is 4.98 Å². The molecule has 0 aliphatic heterocycles. The van der Waals surface area contributed by atoms with Gasteiger partial charge in [0.2, 0.25) is 0 Å². The van der Waals surface area contributed by atoms with Gasteiger partial charge < -0.3 is 4.98 Å². The number of hydrogen-bond acceptors (Lipinski definition) is 5. The Morgan fingerprint density at radius 2 is 2.35 bits per heavy atom. The molecule has 1 atom stereocenters. The zero-order chi connectivity index (χ0) is 12.8. The van der Waals surface area contributed by atoms with Gasteiger partial charge in [-0.3, -0.25) is 10.1 Å². The average Bonchev–Trinajstić information content (AvgIpc) is 2.22. The lowest BCUT2D eigenvalue weighted by molar-refractivity contribution is 0.560. The van der Waals surface area contributed by atoms with Crippen LogP contribution in [0.5, 0.6) is 0 Å². The summed E-state index contributed by atoms with van der Waals surface area (Å²) in [5.41, 5.74) is 0.520. The summed E-state index contributed by atoms with van der Waals surface area (Å²) in [5.74, 6) is 0.557. The highest BCUT2D eigenvalue weighted by atomic mass is 32.2. The Labute approximate surface area is 105 Å². The average molecular weight is 252 g/mol. The molecule has 1 unspecified atom stereocenters. The molecule has 1 rings (SSSR count). The number of rotatable bonds is 5. The number of aromatic amines is 1. The van der Waals surface area contributed by atoms with E-state index in [2.05, 4.69) is 21.4 Å². The molecule has 0 amide bonds. The van der Waals surface area contributed by atoms with E-state index in [4.69, 9.17) is 5.26 Å². The molecule has 0 aromatic carbocycles. The zero-order valence-electron chi connectivity index (χ0n) is 10.2. The fraction of sp³-hybridized carbons (Fsp3) is 0.545. The molecule has 0 saturated heterocycles. The van der Waals surface area contributed by atoms with E-state index in [9.17, 15) is 4.79 Å². The second kappa shape index (κ2) is 6.42. The fourth-order valence-electron chi connectivity index (χ4n) is 1.31. The minimum absolute atomic E-state index is 0.162. The molecule has 2 N–H and O–H groups in total. The Balaban J connectivity index is 2.60. The van der Waals surface area contributed by atoms with E-state index in [-0.39, 0.29) is 17.6 Å². The monoisotopic (exact) mass is 252 g/mol. The first-order valence-electron chi connectivity index (χ1n) is 5.37. The minimum atomic E-state index is -0.245. The summed E-state index contributed by atoms with van der Waals surface area (Å²) in [6.45, 7) is 5.75. The van der Waals surface area contributed by atoms with Gasteiger partial charge in [-0.05, 0) is 20.8 Å². The van der Waals surface area contributed by atoms with Crippen molar-refractivity contribution < 1.29 is 0 Å². The second-order valence-electron chi connectivity index (χ2n) is 4.01. The van der Waals surface area contributed by atoms with E-state index in [1.54, 1.807) is 6.92 Å². The van der Waals surface area contributed by atoms with Gasteiger partial charge in [0.05, 0.1) is 6.07 Å². The lowest BCUT2D eigenvalue weighted by Crippen LogP contribution is -2.35. The molecule has 6 heteroatoms. The van der Waals surface area contributed by atoms with Crippen molar-refractivity contribution in [3.05, 3.63) is 22.1 Å². The number of thioether (sulfide) groups is 1. The number of hydrogen-bond donors (Lipinski definition) is 2. The van der Waals surface area contributed by atoms with Crippen molar-refractivity contribution in [3.63, 3.8) is 0 Å². The molecule has 0 aliphatic rings. The first-order valence-corrected chi connectivity index (χ1v) is 6.36. The Morgan fingerprint density at radius 3 is 2.88 bits per heavy atom. The lowest BCUT2D eigenvalue weighted by atomic mass is 10.3. The number of H-pyrrole nitrogens is 1. The molecule has 0 spiro atoms. The molecule has 92 valence electrons. The van der Waals surface area contributed by atoms with Gasteiger partial charge in [0.1, 0.15) is 6.04 Å². The topological polar surface area (TPSA) is 81.6 Å². The maximum atomic E-state index is 11.2. The van der Waals surface area contributed by atoms with Crippen molar-refractivity contribution in [2.75, 3.05) is 5.75 Å². The highest BCUT2D eigenvalue weighted by Gasteiger charge is 2.10. The number of aryl methyl sites for hydroxylation is 1. The fourth-order valence-corrected chi connectivity index (χ4v) is 2.18. The molecule has 0 aliphatic carbocycles. The van der Waals surface area contributed by atoms with Crippen molar-refractivity contribution in [3.8, 4) is 6.07 Å². The van der Waals surface area contributed by atoms with E-state index in [0.29, 0.717) is 16.6 Å². The van der Waals surface area contributed by atoms with Gasteiger partial charge in [0, 0.05) is 23.6 Å². The molecule has 0 saturated carbocycles. The molecule has 17 heavy (non-hydrogen) atoms.